The van der Waals surface area contributed by atoms with E-state index in [0.29, 0.717) is 45.6 Å². The molecule has 14 heteroatoms. The zero-order valence-electron chi connectivity index (χ0n) is 25.2. The number of benzene rings is 2. The summed E-state index contributed by atoms with van der Waals surface area (Å²) in [6, 6.07) is 15.8. The van der Waals surface area contributed by atoms with Crippen molar-refractivity contribution in [2.75, 3.05) is 13.4 Å². The van der Waals surface area contributed by atoms with Gasteiger partial charge in [0.1, 0.15) is 35.0 Å². The summed E-state index contributed by atoms with van der Waals surface area (Å²) in [6.07, 6.45) is 6.10. The molecule has 0 fully saturated rings. The Bertz CT molecular complexity index is 2120. The quantitative estimate of drug-likeness (QED) is 0.0688. The summed E-state index contributed by atoms with van der Waals surface area (Å²) in [6.45, 7) is 0. The van der Waals surface area contributed by atoms with Crippen LogP contribution < -0.4 is 11.1 Å². The third-order valence-electron chi connectivity index (χ3n) is 6.98. The molecule has 0 spiro atoms. The number of fused-ring (bicyclic) bond motifs is 2. The van der Waals surface area contributed by atoms with Crippen molar-refractivity contribution in [2.24, 2.45) is 14.1 Å². The van der Waals surface area contributed by atoms with Gasteiger partial charge in [0.05, 0.1) is 7.11 Å². The highest BCUT2D eigenvalue weighted by molar-refractivity contribution is 7.98. The molecule has 0 bridgehead atoms. The Morgan fingerprint density at radius 2 is 1.15 bits per heavy atom. The topological polar surface area (TPSA) is 114 Å². The lowest BCUT2D eigenvalue weighted by molar-refractivity contribution is -0.160. The van der Waals surface area contributed by atoms with Gasteiger partial charge in [-0.25, -0.2) is 33.6 Å². The monoisotopic (exact) mass is 662 g/mol. The Kier molecular flexibility index (Phi) is 10.5. The molecule has 236 valence electrons. The number of thioether (sulfide) groups is 1. The minimum Gasteiger partial charge on any atom is -0.295 e. The van der Waals surface area contributed by atoms with Crippen molar-refractivity contribution in [3.8, 4) is 0 Å². The van der Waals surface area contributed by atoms with Crippen molar-refractivity contribution in [3.63, 3.8) is 0 Å². The van der Waals surface area contributed by atoms with E-state index in [9.17, 15) is 18.4 Å². The molecule has 0 aliphatic carbocycles. The first kappa shape index (κ1) is 32.9. The van der Waals surface area contributed by atoms with Gasteiger partial charge in [0.2, 0.25) is 5.16 Å². The molecule has 0 aliphatic heterocycles. The van der Waals surface area contributed by atoms with Crippen molar-refractivity contribution in [3.05, 3.63) is 128 Å². The van der Waals surface area contributed by atoms with Gasteiger partial charge < -0.3 is 0 Å². The van der Waals surface area contributed by atoms with Gasteiger partial charge in [-0.3, -0.25) is 18.7 Å². The maximum atomic E-state index is 13.0. The molecule has 0 saturated carbocycles. The van der Waals surface area contributed by atoms with Crippen LogP contribution in [0.1, 0.15) is 22.3 Å². The van der Waals surface area contributed by atoms with Crippen LogP contribution in [0.5, 0.6) is 0 Å². The molecule has 0 aliphatic rings. The van der Waals surface area contributed by atoms with Crippen LogP contribution in [-0.4, -0.2) is 42.4 Å². The first-order valence-electron chi connectivity index (χ1n) is 13.8. The highest BCUT2D eigenvalue weighted by atomic mass is 32.2. The predicted octanol–water partition coefficient (Wildman–Crippen LogP) is 5.42. The summed E-state index contributed by atoms with van der Waals surface area (Å²) >= 11 is 2.30. The fourth-order valence-electron chi connectivity index (χ4n) is 4.70. The summed E-state index contributed by atoms with van der Waals surface area (Å²) in [5.41, 5.74) is 3.84. The van der Waals surface area contributed by atoms with Gasteiger partial charge in [-0.1, -0.05) is 36.0 Å². The van der Waals surface area contributed by atoms with Crippen molar-refractivity contribution in [2.45, 2.75) is 23.2 Å². The zero-order valence-corrected chi connectivity index (χ0v) is 26.9. The Hall–Kier alpha value is -4.50. The number of hydrogen-bond donors (Lipinski definition) is 0. The molecule has 10 nitrogen and oxygen atoms in total. The highest BCUT2D eigenvalue weighted by Crippen LogP contribution is 2.19. The second-order valence-corrected chi connectivity index (χ2v) is 11.5. The number of halogens is 2. The van der Waals surface area contributed by atoms with E-state index in [1.165, 1.54) is 52.3 Å². The Morgan fingerprint density at radius 1 is 0.717 bits per heavy atom. The zero-order chi connectivity index (χ0) is 32.8. The maximum absolute atomic E-state index is 13.0. The van der Waals surface area contributed by atoms with Crippen molar-refractivity contribution < 1.29 is 18.0 Å². The summed E-state index contributed by atoms with van der Waals surface area (Å²) in [4.78, 5) is 46.6. The summed E-state index contributed by atoms with van der Waals surface area (Å²) in [7, 11) is 4.74. The van der Waals surface area contributed by atoms with E-state index < -0.39 is 0 Å². The minimum atomic E-state index is -0.304. The minimum absolute atomic E-state index is 0.0948. The van der Waals surface area contributed by atoms with E-state index >= 15 is 0 Å². The molecule has 4 aromatic heterocycles. The molecule has 2 aromatic carbocycles. The molecule has 0 atom stereocenters. The first-order valence-corrected chi connectivity index (χ1v) is 15.7. The molecular weight excluding hydrogens is 635 g/mol. The largest absolute Gasteiger partial charge is 0.295 e. The summed E-state index contributed by atoms with van der Waals surface area (Å²) in [5, 5.41) is 2.52. The van der Waals surface area contributed by atoms with E-state index in [4.69, 9.17) is 4.33 Å². The second kappa shape index (κ2) is 14.7. The second-order valence-electron chi connectivity index (χ2n) is 10.1. The van der Waals surface area contributed by atoms with Crippen LogP contribution in [0.4, 0.5) is 8.78 Å². The van der Waals surface area contributed by atoms with E-state index in [1.807, 2.05) is 12.3 Å². The lowest BCUT2D eigenvalue weighted by atomic mass is 10.1. The van der Waals surface area contributed by atoms with Gasteiger partial charge in [-0.2, -0.15) is 4.33 Å². The van der Waals surface area contributed by atoms with Gasteiger partial charge in [-0.15, -0.1) is 0 Å². The van der Waals surface area contributed by atoms with E-state index in [0.717, 1.165) is 33.9 Å². The van der Waals surface area contributed by atoms with Gasteiger partial charge in [-0.05, 0) is 53.8 Å². The number of aryl methyl sites for hydroxylation is 2. The van der Waals surface area contributed by atoms with Crippen molar-refractivity contribution in [1.82, 2.24) is 29.1 Å². The molecule has 4 heterocycles. The lowest BCUT2D eigenvalue weighted by Crippen LogP contribution is -2.22. The lowest BCUT2D eigenvalue weighted by Gasteiger charge is -2.09. The average Bonchev–Trinajstić information content (AvgIpc) is 3.07. The molecule has 0 saturated heterocycles. The third-order valence-corrected chi connectivity index (χ3v) is 8.09. The standard InChI is InChI=1S/C16H14FN3O3S.C16H14FN3OS/c1-20-14-12(9-18-16(19-14)24-23-22-2)8-11(15(20)21)7-10-3-5-13(17)6-4-10;1-20-14-12(9-18-16(19-14)22-2)8-11(15(20)21)7-10-3-5-13(17)6-4-10/h3-6,8-9H,7H2,1-2H3;3-6,8-9H,7H2,1-2H3. The van der Waals surface area contributed by atoms with Gasteiger partial charge >= 0.3 is 0 Å². The Labute approximate surface area is 270 Å². The fourth-order valence-corrected chi connectivity index (χ4v) is 5.38. The SMILES string of the molecule is COOSc1ncc2cc(Cc3ccc(F)cc3)c(=O)n(C)c2n1.CSc1ncc2cc(Cc3ccc(F)cc3)c(=O)n(C)c2n1. The first-order chi connectivity index (χ1) is 22.2. The van der Waals surface area contributed by atoms with Crippen LogP contribution in [0.2, 0.25) is 0 Å². The number of nitrogens with zero attached hydrogens (tertiary/aromatic N) is 6. The van der Waals surface area contributed by atoms with Crippen LogP contribution in [0.3, 0.4) is 0 Å². The number of pyridine rings is 2. The molecule has 0 amide bonds. The summed E-state index contributed by atoms with van der Waals surface area (Å²) < 4.78 is 33.7. The van der Waals surface area contributed by atoms with Crippen LogP contribution in [0.15, 0.2) is 93.0 Å². The third kappa shape index (κ3) is 7.65. The number of rotatable bonds is 8. The molecule has 46 heavy (non-hydrogen) atoms. The number of aromatic nitrogens is 6. The molecular formula is C32H28F2N6O4S2. The van der Waals surface area contributed by atoms with Gasteiger partial charge in [0.25, 0.3) is 11.1 Å². The molecule has 0 unspecified atom stereocenters. The highest BCUT2D eigenvalue weighted by Gasteiger charge is 2.12. The van der Waals surface area contributed by atoms with Crippen LogP contribution >= 0.6 is 23.8 Å². The smallest absolute Gasteiger partial charge is 0.255 e. The van der Waals surface area contributed by atoms with Gasteiger partial charge in [0, 0.05) is 61.2 Å². The normalized spacial score (nSPS) is 11.1. The Morgan fingerprint density at radius 3 is 1.59 bits per heavy atom. The van der Waals surface area contributed by atoms with Crippen LogP contribution in [0.25, 0.3) is 22.1 Å². The van der Waals surface area contributed by atoms with Gasteiger partial charge in [0.15, 0.2) is 5.16 Å². The average molecular weight is 663 g/mol. The van der Waals surface area contributed by atoms with Crippen LogP contribution in [-0.2, 0) is 36.2 Å². The molecule has 6 aromatic rings. The van der Waals surface area contributed by atoms with Crippen molar-refractivity contribution in [1.29, 1.82) is 0 Å². The molecule has 0 N–H and O–H groups in total. The fraction of sp³-hybridized carbons (Fsp3) is 0.188. The van der Waals surface area contributed by atoms with E-state index in [2.05, 4.69) is 24.8 Å². The Balaban J connectivity index is 0.000000182. The van der Waals surface area contributed by atoms with E-state index in [1.54, 1.807) is 56.8 Å². The van der Waals surface area contributed by atoms with Crippen molar-refractivity contribution >= 4 is 45.9 Å². The predicted molar refractivity (Wildman–Crippen MR) is 174 cm³/mol. The summed E-state index contributed by atoms with van der Waals surface area (Å²) in [5.74, 6) is -0.588. The maximum Gasteiger partial charge on any atom is 0.255 e. The van der Waals surface area contributed by atoms with E-state index in [-0.39, 0.29) is 22.8 Å². The molecule has 0 radical (unpaired) electrons. The van der Waals surface area contributed by atoms with Crippen LogP contribution in [0, 0.1) is 11.6 Å². The number of hydrogen-bond acceptors (Lipinski definition) is 10. The molecule has 6 rings (SSSR count).